The predicted molar refractivity (Wildman–Crippen MR) is 34.4 cm³/mol. The molecule has 9 heavy (non-hydrogen) atoms. The van der Waals surface area contributed by atoms with Crippen LogP contribution in [0, 0.1) is 22.7 Å². The van der Waals surface area contributed by atoms with Gasteiger partial charge in [0.2, 0.25) is 0 Å². The number of nitrogens with zero attached hydrogens (tertiary/aromatic N) is 2. The van der Waals surface area contributed by atoms with Gasteiger partial charge in [0, 0.05) is 5.03 Å². The van der Waals surface area contributed by atoms with Crippen molar-refractivity contribution in [1.29, 1.82) is 10.5 Å². The van der Waals surface area contributed by atoms with Crippen LogP contribution in [0.3, 0.4) is 0 Å². The van der Waals surface area contributed by atoms with Crippen molar-refractivity contribution in [3.63, 3.8) is 0 Å². The van der Waals surface area contributed by atoms with Crippen molar-refractivity contribution in [2.75, 3.05) is 0 Å². The molecule has 0 fully saturated rings. The molecule has 3 heteroatoms. The Morgan fingerprint density at radius 1 is 1.44 bits per heavy atom. The van der Waals surface area contributed by atoms with Crippen LogP contribution in [0.5, 0.6) is 0 Å². The first-order chi connectivity index (χ1) is 4.26. The van der Waals surface area contributed by atoms with E-state index in [1.807, 2.05) is 0 Å². The van der Waals surface area contributed by atoms with Crippen LogP contribution in [0.4, 0.5) is 0 Å². The molecule has 0 radical (unpaired) electrons. The zero-order chi connectivity index (χ0) is 7.28. The molecule has 0 aliphatic carbocycles. The summed E-state index contributed by atoms with van der Waals surface area (Å²) < 4.78 is 0. The van der Waals surface area contributed by atoms with Crippen molar-refractivity contribution in [2.45, 2.75) is 13.3 Å². The van der Waals surface area contributed by atoms with Gasteiger partial charge >= 0.3 is 0 Å². The highest BCUT2D eigenvalue weighted by atomic mass is 35.5. The topological polar surface area (TPSA) is 47.6 Å². The molecule has 46 valence electrons. The standard InChI is InChI=1S/C6H5ClN2/c1-2-6(7)5(3-8)4-9/h2H2,1H3. The molecule has 2 nitrogen and oxygen atoms in total. The number of rotatable bonds is 1. The maximum absolute atomic E-state index is 8.21. The molecule has 0 saturated heterocycles. The Bertz CT molecular complexity index is 188. The second kappa shape index (κ2) is 3.95. The van der Waals surface area contributed by atoms with Gasteiger partial charge in [0.25, 0.3) is 0 Å². The highest BCUT2D eigenvalue weighted by molar-refractivity contribution is 6.30. The average Bonchev–Trinajstić information content (AvgIpc) is 1.90. The van der Waals surface area contributed by atoms with Gasteiger partial charge in [-0.25, -0.2) is 0 Å². The second-order valence-electron chi connectivity index (χ2n) is 1.36. The van der Waals surface area contributed by atoms with E-state index in [9.17, 15) is 0 Å². The normalized spacial score (nSPS) is 7.11. The first-order valence-electron chi connectivity index (χ1n) is 2.45. The number of allylic oxidation sites excluding steroid dienone is 2. The predicted octanol–water partition coefficient (Wildman–Crippen LogP) is 1.94. The molecule has 0 N–H and O–H groups in total. The third-order valence-electron chi connectivity index (χ3n) is 0.805. The van der Waals surface area contributed by atoms with Gasteiger partial charge < -0.3 is 0 Å². The molecule has 0 spiro atoms. The third-order valence-corrected chi connectivity index (χ3v) is 1.26. The van der Waals surface area contributed by atoms with Crippen LogP contribution in [-0.4, -0.2) is 0 Å². The number of nitriles is 2. The lowest BCUT2D eigenvalue weighted by atomic mass is 10.3. The van der Waals surface area contributed by atoms with Crippen LogP contribution in [0.25, 0.3) is 0 Å². The zero-order valence-electron chi connectivity index (χ0n) is 4.98. The number of hydrogen-bond donors (Lipinski definition) is 0. The van der Waals surface area contributed by atoms with Gasteiger partial charge in [-0.1, -0.05) is 18.5 Å². The quantitative estimate of drug-likeness (QED) is 0.523. The second-order valence-corrected chi connectivity index (χ2v) is 1.81. The largest absolute Gasteiger partial charge is 0.192 e. The van der Waals surface area contributed by atoms with Gasteiger partial charge in [-0.05, 0) is 6.42 Å². The highest BCUT2D eigenvalue weighted by Gasteiger charge is 1.97. The Morgan fingerprint density at radius 2 is 1.89 bits per heavy atom. The van der Waals surface area contributed by atoms with Gasteiger partial charge in [-0.3, -0.25) is 0 Å². The lowest BCUT2D eigenvalue weighted by Crippen LogP contribution is -1.76. The summed E-state index contributed by atoms with van der Waals surface area (Å²) in [5, 5.41) is 16.8. The zero-order valence-corrected chi connectivity index (χ0v) is 5.74. The van der Waals surface area contributed by atoms with Crippen molar-refractivity contribution in [3.8, 4) is 12.1 Å². The third kappa shape index (κ3) is 2.17. The minimum absolute atomic E-state index is 0.0131. The van der Waals surface area contributed by atoms with E-state index in [4.69, 9.17) is 22.1 Å². The molecule has 0 rings (SSSR count). The highest BCUT2D eigenvalue weighted by Crippen LogP contribution is 2.11. The summed E-state index contributed by atoms with van der Waals surface area (Å²) in [5.74, 6) is 0. The van der Waals surface area contributed by atoms with E-state index in [0.717, 1.165) is 0 Å². The minimum atomic E-state index is 0.0131. The Morgan fingerprint density at radius 3 is 2.00 bits per heavy atom. The van der Waals surface area contributed by atoms with E-state index in [1.165, 1.54) is 0 Å². The van der Waals surface area contributed by atoms with Crippen molar-refractivity contribution in [3.05, 3.63) is 10.6 Å². The van der Waals surface area contributed by atoms with Gasteiger partial charge in [-0.2, -0.15) is 10.5 Å². The van der Waals surface area contributed by atoms with Gasteiger partial charge in [-0.15, -0.1) is 0 Å². The summed E-state index contributed by atoms with van der Waals surface area (Å²) in [6, 6.07) is 3.38. The van der Waals surface area contributed by atoms with Crippen molar-refractivity contribution in [1.82, 2.24) is 0 Å². The fraction of sp³-hybridized carbons (Fsp3) is 0.333. The molecule has 0 bridgehead atoms. The van der Waals surface area contributed by atoms with Gasteiger partial charge in [0.15, 0.2) is 0 Å². The van der Waals surface area contributed by atoms with E-state index in [-0.39, 0.29) is 5.57 Å². The SMILES string of the molecule is CCC(Cl)=C(C#N)C#N. The Hall–Kier alpha value is -0.990. The monoisotopic (exact) mass is 140 g/mol. The molecule has 0 amide bonds. The van der Waals surface area contributed by atoms with Crippen LogP contribution in [0.15, 0.2) is 10.6 Å². The average molecular weight is 141 g/mol. The summed E-state index contributed by atoms with van der Waals surface area (Å²) in [5.41, 5.74) is 0.0131. The van der Waals surface area contributed by atoms with Crippen LogP contribution in [0.2, 0.25) is 0 Å². The van der Waals surface area contributed by atoms with E-state index in [1.54, 1.807) is 19.1 Å². The molecule has 0 saturated carbocycles. The molecule has 0 aliphatic rings. The maximum Gasteiger partial charge on any atom is 0.144 e. The molecule has 0 heterocycles. The molecule has 0 aliphatic heterocycles. The Kier molecular flexibility index (Phi) is 3.51. The number of halogens is 1. The molecular weight excluding hydrogens is 136 g/mol. The van der Waals surface area contributed by atoms with Crippen molar-refractivity contribution >= 4 is 11.6 Å². The summed E-state index contributed by atoms with van der Waals surface area (Å²) in [4.78, 5) is 0. The van der Waals surface area contributed by atoms with E-state index in [0.29, 0.717) is 11.5 Å². The van der Waals surface area contributed by atoms with Crippen LogP contribution in [-0.2, 0) is 0 Å². The van der Waals surface area contributed by atoms with Crippen LogP contribution >= 0.6 is 11.6 Å². The van der Waals surface area contributed by atoms with E-state index in [2.05, 4.69) is 0 Å². The van der Waals surface area contributed by atoms with Gasteiger partial charge in [0.1, 0.15) is 17.7 Å². The first kappa shape index (κ1) is 8.01. The first-order valence-corrected chi connectivity index (χ1v) is 2.82. The van der Waals surface area contributed by atoms with Crippen molar-refractivity contribution < 1.29 is 0 Å². The molecule has 0 unspecified atom stereocenters. The molecule has 0 aromatic heterocycles. The van der Waals surface area contributed by atoms with Crippen LogP contribution < -0.4 is 0 Å². The summed E-state index contributed by atoms with van der Waals surface area (Å²) in [7, 11) is 0. The number of hydrogen-bond acceptors (Lipinski definition) is 2. The summed E-state index contributed by atoms with van der Waals surface area (Å²) in [6.07, 6.45) is 0.540. The Labute approximate surface area is 59.0 Å². The van der Waals surface area contributed by atoms with E-state index >= 15 is 0 Å². The Balaban J connectivity index is 4.49. The molecule has 0 aromatic carbocycles. The fourth-order valence-corrected chi connectivity index (χ4v) is 0.408. The summed E-state index contributed by atoms with van der Waals surface area (Å²) in [6.45, 7) is 1.79. The smallest absolute Gasteiger partial charge is 0.144 e. The lowest BCUT2D eigenvalue weighted by Gasteiger charge is -1.86. The van der Waals surface area contributed by atoms with Crippen molar-refractivity contribution in [2.24, 2.45) is 0 Å². The van der Waals surface area contributed by atoms with Crippen LogP contribution in [0.1, 0.15) is 13.3 Å². The molecule has 0 aromatic rings. The minimum Gasteiger partial charge on any atom is -0.192 e. The van der Waals surface area contributed by atoms with E-state index < -0.39 is 0 Å². The summed E-state index contributed by atoms with van der Waals surface area (Å²) >= 11 is 5.47. The van der Waals surface area contributed by atoms with Gasteiger partial charge in [0.05, 0.1) is 0 Å². The molecular formula is C6H5ClN2. The molecule has 0 atom stereocenters. The fourth-order valence-electron chi connectivity index (χ4n) is 0.323. The maximum atomic E-state index is 8.21. The lowest BCUT2D eigenvalue weighted by molar-refractivity contribution is 1.18.